The van der Waals surface area contributed by atoms with E-state index in [-0.39, 0.29) is 0 Å². The third-order valence-corrected chi connectivity index (χ3v) is 5.78. The quantitative estimate of drug-likeness (QED) is 0.803. The molecule has 28 heavy (non-hydrogen) atoms. The van der Waals surface area contributed by atoms with Crippen LogP contribution in [0.3, 0.4) is 0 Å². The van der Waals surface area contributed by atoms with Crippen LogP contribution in [0.4, 0.5) is 11.6 Å². The Labute approximate surface area is 167 Å². The zero-order chi connectivity index (χ0) is 19.5. The van der Waals surface area contributed by atoms with Gasteiger partial charge in [0.25, 0.3) is 0 Å². The molecule has 0 bridgehead atoms. The first-order valence-electron chi connectivity index (χ1n) is 10.3. The van der Waals surface area contributed by atoms with E-state index in [2.05, 4.69) is 28.0 Å². The molecule has 4 rings (SSSR count). The van der Waals surface area contributed by atoms with Gasteiger partial charge in [-0.3, -0.25) is 0 Å². The van der Waals surface area contributed by atoms with Gasteiger partial charge in [-0.15, -0.1) is 0 Å². The van der Waals surface area contributed by atoms with Crippen LogP contribution in [0.1, 0.15) is 42.6 Å². The predicted molar refractivity (Wildman–Crippen MR) is 112 cm³/mol. The Morgan fingerprint density at radius 3 is 2.00 bits per heavy atom. The first kappa shape index (κ1) is 18.8. The molecule has 0 aliphatic carbocycles. The Hall–Kier alpha value is -2.50. The Balaban J connectivity index is 1.60. The molecule has 1 aromatic carbocycles. The summed E-state index contributed by atoms with van der Waals surface area (Å²) in [5.41, 5.74) is 2.60. The van der Waals surface area contributed by atoms with Crippen LogP contribution in [0.5, 0.6) is 11.5 Å². The first-order chi connectivity index (χ1) is 13.7. The third-order valence-electron chi connectivity index (χ3n) is 5.78. The third kappa shape index (κ3) is 3.86. The molecular weight excluding hydrogens is 352 g/mol. The summed E-state index contributed by atoms with van der Waals surface area (Å²) >= 11 is 0. The van der Waals surface area contributed by atoms with Crippen molar-refractivity contribution in [3.05, 3.63) is 35.2 Å². The molecule has 1 aromatic heterocycles. The Bertz CT molecular complexity index is 832. The molecule has 0 radical (unpaired) electrons. The molecule has 0 N–H and O–H groups in total. The predicted octanol–water partition coefficient (Wildman–Crippen LogP) is 3.75. The normalized spacial score (nSPS) is 17.1. The van der Waals surface area contributed by atoms with Gasteiger partial charge in [0.2, 0.25) is 0 Å². The molecule has 6 nitrogen and oxygen atoms in total. The van der Waals surface area contributed by atoms with Crippen LogP contribution in [0, 0.1) is 6.92 Å². The van der Waals surface area contributed by atoms with Crippen LogP contribution in [0.25, 0.3) is 0 Å². The van der Waals surface area contributed by atoms with Crippen molar-refractivity contribution in [2.75, 3.05) is 43.7 Å². The van der Waals surface area contributed by atoms with Gasteiger partial charge in [-0.25, -0.2) is 9.97 Å². The standard InChI is InChI=1S/C22H30N4O2/c1-16-23-21(25-9-6-4-5-7-10-25)14-22(24-16)26-11-8-17-12-19(27-2)20(28-3)13-18(17)15-26/h12-14H,4-11,15H2,1-3H3. The molecule has 0 atom stereocenters. The number of fused-ring (bicyclic) bond motifs is 1. The summed E-state index contributed by atoms with van der Waals surface area (Å²) in [6.07, 6.45) is 6.11. The van der Waals surface area contributed by atoms with Gasteiger partial charge in [-0.05, 0) is 49.4 Å². The second kappa shape index (κ2) is 8.25. The van der Waals surface area contributed by atoms with Crippen LogP contribution in [-0.2, 0) is 13.0 Å². The molecule has 6 heteroatoms. The van der Waals surface area contributed by atoms with Crippen LogP contribution in [0.2, 0.25) is 0 Å². The number of nitrogens with zero attached hydrogens (tertiary/aromatic N) is 4. The van der Waals surface area contributed by atoms with Gasteiger partial charge in [-0.1, -0.05) is 12.8 Å². The summed E-state index contributed by atoms with van der Waals surface area (Å²) < 4.78 is 11.0. The fourth-order valence-electron chi connectivity index (χ4n) is 4.24. The molecule has 0 saturated carbocycles. The minimum atomic E-state index is 0.784. The summed E-state index contributed by atoms with van der Waals surface area (Å²) in [6, 6.07) is 6.38. The number of benzene rings is 1. The van der Waals surface area contributed by atoms with E-state index in [1.54, 1.807) is 14.2 Å². The number of hydrogen-bond donors (Lipinski definition) is 0. The van der Waals surface area contributed by atoms with Crippen molar-refractivity contribution in [2.45, 2.75) is 45.6 Å². The lowest BCUT2D eigenvalue weighted by Gasteiger charge is -2.31. The van der Waals surface area contributed by atoms with E-state index in [1.165, 1.54) is 36.8 Å². The molecular formula is C22H30N4O2. The molecule has 0 amide bonds. The van der Waals surface area contributed by atoms with E-state index in [0.717, 1.165) is 61.6 Å². The number of hydrogen-bond acceptors (Lipinski definition) is 6. The van der Waals surface area contributed by atoms with Crippen molar-refractivity contribution in [3.8, 4) is 11.5 Å². The first-order valence-corrected chi connectivity index (χ1v) is 10.3. The van der Waals surface area contributed by atoms with Crippen molar-refractivity contribution in [1.82, 2.24) is 9.97 Å². The highest BCUT2D eigenvalue weighted by molar-refractivity contribution is 5.55. The second-order valence-electron chi connectivity index (χ2n) is 7.68. The maximum Gasteiger partial charge on any atom is 0.161 e. The number of methoxy groups -OCH3 is 2. The van der Waals surface area contributed by atoms with Crippen molar-refractivity contribution in [2.24, 2.45) is 0 Å². The molecule has 0 spiro atoms. The molecule has 3 heterocycles. The van der Waals surface area contributed by atoms with E-state index in [4.69, 9.17) is 19.4 Å². The van der Waals surface area contributed by atoms with Crippen molar-refractivity contribution in [1.29, 1.82) is 0 Å². The van der Waals surface area contributed by atoms with Gasteiger partial charge in [0.15, 0.2) is 11.5 Å². The van der Waals surface area contributed by atoms with E-state index in [9.17, 15) is 0 Å². The van der Waals surface area contributed by atoms with Crippen molar-refractivity contribution < 1.29 is 9.47 Å². The number of ether oxygens (including phenoxy) is 2. The largest absolute Gasteiger partial charge is 0.493 e. The number of rotatable bonds is 4. The summed E-state index contributed by atoms with van der Waals surface area (Å²) in [5.74, 6) is 4.52. The van der Waals surface area contributed by atoms with Gasteiger partial charge < -0.3 is 19.3 Å². The van der Waals surface area contributed by atoms with Crippen molar-refractivity contribution in [3.63, 3.8) is 0 Å². The van der Waals surface area contributed by atoms with Crippen LogP contribution in [0.15, 0.2) is 18.2 Å². The number of aromatic nitrogens is 2. The van der Waals surface area contributed by atoms with Crippen LogP contribution in [-0.4, -0.2) is 43.8 Å². The fraction of sp³-hybridized carbons (Fsp3) is 0.545. The summed E-state index contributed by atoms with van der Waals surface area (Å²) in [7, 11) is 3.37. The van der Waals surface area contributed by atoms with E-state index in [1.807, 2.05) is 6.92 Å². The maximum atomic E-state index is 5.50. The molecule has 150 valence electrons. The van der Waals surface area contributed by atoms with E-state index >= 15 is 0 Å². The van der Waals surface area contributed by atoms with E-state index in [0.29, 0.717) is 0 Å². The van der Waals surface area contributed by atoms with Gasteiger partial charge in [-0.2, -0.15) is 0 Å². The van der Waals surface area contributed by atoms with Gasteiger partial charge in [0.1, 0.15) is 17.5 Å². The smallest absolute Gasteiger partial charge is 0.161 e. The average molecular weight is 383 g/mol. The maximum absolute atomic E-state index is 5.50. The second-order valence-corrected chi connectivity index (χ2v) is 7.68. The Morgan fingerprint density at radius 1 is 0.750 bits per heavy atom. The lowest BCUT2D eigenvalue weighted by molar-refractivity contribution is 0.353. The summed E-state index contributed by atoms with van der Waals surface area (Å²) in [5, 5.41) is 0. The van der Waals surface area contributed by atoms with Gasteiger partial charge >= 0.3 is 0 Å². The molecule has 1 fully saturated rings. The topological polar surface area (TPSA) is 50.7 Å². The Kier molecular flexibility index (Phi) is 5.55. The summed E-state index contributed by atoms with van der Waals surface area (Å²) in [6.45, 7) is 5.95. The van der Waals surface area contributed by atoms with E-state index < -0.39 is 0 Å². The lowest BCUT2D eigenvalue weighted by atomic mass is 9.99. The molecule has 0 unspecified atom stereocenters. The Morgan fingerprint density at radius 2 is 1.36 bits per heavy atom. The zero-order valence-corrected chi connectivity index (χ0v) is 17.2. The fourth-order valence-corrected chi connectivity index (χ4v) is 4.24. The van der Waals surface area contributed by atoms with Crippen molar-refractivity contribution >= 4 is 11.6 Å². The minimum Gasteiger partial charge on any atom is -0.493 e. The monoisotopic (exact) mass is 382 g/mol. The highest BCUT2D eigenvalue weighted by Gasteiger charge is 2.22. The SMILES string of the molecule is COc1cc2c(cc1OC)CN(c1cc(N3CCCCCC3)nc(C)n1)CC2. The highest BCUT2D eigenvalue weighted by Crippen LogP contribution is 2.34. The van der Waals surface area contributed by atoms with Gasteiger partial charge in [0, 0.05) is 32.2 Å². The molecule has 2 aromatic rings. The lowest BCUT2D eigenvalue weighted by Crippen LogP contribution is -2.32. The van der Waals surface area contributed by atoms with Crippen LogP contribution >= 0.6 is 0 Å². The van der Waals surface area contributed by atoms with Crippen LogP contribution < -0.4 is 19.3 Å². The zero-order valence-electron chi connectivity index (χ0n) is 17.2. The minimum absolute atomic E-state index is 0.784. The summed E-state index contributed by atoms with van der Waals surface area (Å²) in [4.78, 5) is 14.3. The molecule has 2 aliphatic rings. The molecule has 1 saturated heterocycles. The van der Waals surface area contributed by atoms with Gasteiger partial charge in [0.05, 0.1) is 14.2 Å². The number of anilines is 2. The average Bonchev–Trinajstić information content (AvgIpc) is 3.01. The number of aryl methyl sites for hydroxylation is 1. The highest BCUT2D eigenvalue weighted by atomic mass is 16.5. The molecule has 2 aliphatic heterocycles.